The Morgan fingerprint density at radius 2 is 1.84 bits per heavy atom. The van der Waals surface area contributed by atoms with E-state index in [1.807, 2.05) is 19.9 Å². The molecular formula is C20H30O5. The highest BCUT2D eigenvalue weighted by Gasteiger charge is 2.54. The molecule has 0 aromatic rings. The topological polar surface area (TPSA) is 94.8 Å². The summed E-state index contributed by atoms with van der Waals surface area (Å²) in [6.07, 6.45) is 4.35. The van der Waals surface area contributed by atoms with Crippen LogP contribution in [-0.4, -0.2) is 39.1 Å². The first-order chi connectivity index (χ1) is 11.6. The fourth-order valence-corrected chi connectivity index (χ4v) is 2.97. The van der Waals surface area contributed by atoms with Crippen molar-refractivity contribution in [3.05, 3.63) is 34.6 Å². The Bertz CT molecular complexity index is 620. The predicted molar refractivity (Wildman–Crippen MR) is 97.1 cm³/mol. The molecule has 0 bridgehead atoms. The maximum Gasteiger partial charge on any atom is 0.176 e. The lowest BCUT2D eigenvalue weighted by molar-refractivity contribution is -0.127. The van der Waals surface area contributed by atoms with Crippen LogP contribution in [0.4, 0.5) is 0 Å². The zero-order valence-corrected chi connectivity index (χ0v) is 15.8. The van der Waals surface area contributed by atoms with E-state index in [1.54, 1.807) is 26.8 Å². The van der Waals surface area contributed by atoms with Gasteiger partial charge in [-0.3, -0.25) is 9.59 Å². The predicted octanol–water partition coefficient (Wildman–Crippen LogP) is 3.03. The number of carbonyl (C=O) groups excluding carboxylic acids is 2. The van der Waals surface area contributed by atoms with Crippen molar-refractivity contribution in [1.29, 1.82) is 0 Å². The molecule has 0 saturated heterocycles. The average Bonchev–Trinajstić information content (AvgIpc) is 2.71. The van der Waals surface area contributed by atoms with Gasteiger partial charge in [-0.1, -0.05) is 37.1 Å². The number of allylic oxidation sites excluding steroid dienone is 4. The Morgan fingerprint density at radius 3 is 2.32 bits per heavy atom. The van der Waals surface area contributed by atoms with Crippen LogP contribution in [0.3, 0.4) is 0 Å². The van der Waals surface area contributed by atoms with Crippen molar-refractivity contribution in [2.24, 2.45) is 11.8 Å². The van der Waals surface area contributed by atoms with E-state index < -0.39 is 34.8 Å². The lowest BCUT2D eigenvalue weighted by atomic mass is 9.82. The SMILES string of the molecule is CC(C)=CC[C@@H]1C(=O)C(C(=O)C(C)C)=C(O)[C@]1(O)CCC=C(C)CO. The molecule has 0 unspecified atom stereocenters. The lowest BCUT2D eigenvalue weighted by Crippen LogP contribution is -2.38. The second-order valence-corrected chi connectivity index (χ2v) is 7.35. The monoisotopic (exact) mass is 350 g/mol. The van der Waals surface area contributed by atoms with Crippen LogP contribution in [0.25, 0.3) is 0 Å². The van der Waals surface area contributed by atoms with Gasteiger partial charge in [-0.25, -0.2) is 0 Å². The molecule has 0 radical (unpaired) electrons. The summed E-state index contributed by atoms with van der Waals surface area (Å²) in [5.74, 6) is -2.74. The summed E-state index contributed by atoms with van der Waals surface area (Å²) < 4.78 is 0. The zero-order chi connectivity index (χ0) is 19.4. The van der Waals surface area contributed by atoms with Crippen molar-refractivity contribution < 1.29 is 24.9 Å². The van der Waals surface area contributed by atoms with Gasteiger partial charge in [-0.05, 0) is 40.0 Å². The smallest absolute Gasteiger partial charge is 0.176 e. The van der Waals surface area contributed by atoms with E-state index in [1.165, 1.54) is 0 Å². The number of carbonyl (C=O) groups is 2. The minimum absolute atomic E-state index is 0.0859. The van der Waals surface area contributed by atoms with E-state index in [-0.39, 0.29) is 25.0 Å². The van der Waals surface area contributed by atoms with Gasteiger partial charge in [0.05, 0.1) is 12.5 Å². The summed E-state index contributed by atoms with van der Waals surface area (Å²) in [5, 5.41) is 30.7. The highest BCUT2D eigenvalue weighted by Crippen LogP contribution is 2.43. The summed E-state index contributed by atoms with van der Waals surface area (Å²) in [4.78, 5) is 25.1. The molecule has 140 valence electrons. The molecular weight excluding hydrogens is 320 g/mol. The first-order valence-electron chi connectivity index (χ1n) is 8.70. The molecule has 5 nitrogen and oxygen atoms in total. The number of aliphatic hydroxyl groups excluding tert-OH is 2. The van der Waals surface area contributed by atoms with Crippen LogP contribution in [0.2, 0.25) is 0 Å². The molecule has 0 aromatic carbocycles. The summed E-state index contributed by atoms with van der Waals surface area (Å²) in [5.41, 5.74) is -0.271. The largest absolute Gasteiger partial charge is 0.508 e. The van der Waals surface area contributed by atoms with Gasteiger partial charge in [0.1, 0.15) is 16.9 Å². The third kappa shape index (κ3) is 4.67. The number of Topliss-reactive ketones (excluding diaryl/α,β-unsaturated/α-hetero) is 2. The van der Waals surface area contributed by atoms with Crippen LogP contribution in [0.15, 0.2) is 34.6 Å². The maximum atomic E-state index is 12.8. The van der Waals surface area contributed by atoms with E-state index in [2.05, 4.69) is 0 Å². The molecule has 0 fully saturated rings. The van der Waals surface area contributed by atoms with E-state index in [9.17, 15) is 19.8 Å². The molecule has 5 heteroatoms. The van der Waals surface area contributed by atoms with E-state index in [4.69, 9.17) is 5.11 Å². The highest BCUT2D eigenvalue weighted by atomic mass is 16.3. The number of ketones is 2. The quantitative estimate of drug-likeness (QED) is 0.462. The molecule has 3 N–H and O–H groups in total. The lowest BCUT2D eigenvalue weighted by Gasteiger charge is -2.28. The van der Waals surface area contributed by atoms with Crippen LogP contribution < -0.4 is 0 Å². The molecule has 1 aliphatic rings. The molecule has 0 amide bonds. The molecule has 0 spiro atoms. The molecule has 0 saturated carbocycles. The Kier molecular flexibility index (Phi) is 7.32. The van der Waals surface area contributed by atoms with Crippen molar-refractivity contribution in [1.82, 2.24) is 0 Å². The van der Waals surface area contributed by atoms with Crippen molar-refractivity contribution in [2.75, 3.05) is 6.61 Å². The van der Waals surface area contributed by atoms with Crippen molar-refractivity contribution in [2.45, 2.75) is 59.5 Å². The standard InChI is InChI=1S/C20H30O5/c1-12(2)8-9-15-18(23)16(17(22)13(3)4)19(24)20(15,25)10-6-7-14(5)11-21/h7-8,13,15,21,24-25H,6,9-11H2,1-5H3/t15-,20+/m1/s1. The molecule has 0 heterocycles. The van der Waals surface area contributed by atoms with Gasteiger partial charge >= 0.3 is 0 Å². The van der Waals surface area contributed by atoms with E-state index in [0.717, 1.165) is 11.1 Å². The number of rotatable bonds is 8. The third-order valence-electron chi connectivity index (χ3n) is 4.59. The molecule has 0 aromatic heterocycles. The second-order valence-electron chi connectivity index (χ2n) is 7.35. The number of hydrogen-bond donors (Lipinski definition) is 3. The van der Waals surface area contributed by atoms with Gasteiger partial charge < -0.3 is 15.3 Å². The third-order valence-corrected chi connectivity index (χ3v) is 4.59. The number of hydrogen-bond acceptors (Lipinski definition) is 5. The molecule has 1 rings (SSSR count). The minimum atomic E-state index is -1.75. The summed E-state index contributed by atoms with van der Waals surface area (Å²) in [6.45, 7) is 8.77. The number of aliphatic hydroxyl groups is 3. The molecule has 1 aliphatic carbocycles. The second kappa shape index (κ2) is 8.59. The van der Waals surface area contributed by atoms with Crippen LogP contribution in [-0.2, 0) is 9.59 Å². The van der Waals surface area contributed by atoms with Crippen molar-refractivity contribution >= 4 is 11.6 Å². The highest BCUT2D eigenvalue weighted by molar-refractivity contribution is 6.24. The maximum absolute atomic E-state index is 12.8. The van der Waals surface area contributed by atoms with E-state index in [0.29, 0.717) is 6.42 Å². The van der Waals surface area contributed by atoms with E-state index >= 15 is 0 Å². The Balaban J connectivity index is 3.25. The Labute approximate surface area is 149 Å². The first kappa shape index (κ1) is 21.3. The molecule has 0 aliphatic heterocycles. The normalized spacial score (nSPS) is 24.2. The van der Waals surface area contributed by atoms with Crippen LogP contribution in [0.5, 0.6) is 0 Å². The van der Waals surface area contributed by atoms with Gasteiger partial charge in [-0.15, -0.1) is 0 Å². The van der Waals surface area contributed by atoms with Gasteiger partial charge in [0.2, 0.25) is 0 Å². The zero-order valence-electron chi connectivity index (χ0n) is 15.8. The van der Waals surface area contributed by atoms with Gasteiger partial charge in [0.15, 0.2) is 11.6 Å². The Morgan fingerprint density at radius 1 is 1.24 bits per heavy atom. The van der Waals surface area contributed by atoms with Crippen molar-refractivity contribution in [3.8, 4) is 0 Å². The van der Waals surface area contributed by atoms with Crippen LogP contribution in [0, 0.1) is 11.8 Å². The van der Waals surface area contributed by atoms with Crippen LogP contribution >= 0.6 is 0 Å². The summed E-state index contributed by atoms with van der Waals surface area (Å²) in [6, 6.07) is 0. The fraction of sp³-hybridized carbons (Fsp3) is 0.600. The average molecular weight is 350 g/mol. The molecule has 25 heavy (non-hydrogen) atoms. The fourth-order valence-electron chi connectivity index (χ4n) is 2.97. The van der Waals surface area contributed by atoms with Gasteiger partial charge in [0.25, 0.3) is 0 Å². The van der Waals surface area contributed by atoms with Gasteiger partial charge in [0, 0.05) is 5.92 Å². The molecule has 2 atom stereocenters. The summed E-state index contributed by atoms with van der Waals surface area (Å²) in [7, 11) is 0. The summed E-state index contributed by atoms with van der Waals surface area (Å²) >= 11 is 0. The first-order valence-corrected chi connectivity index (χ1v) is 8.70. The van der Waals surface area contributed by atoms with Crippen molar-refractivity contribution in [3.63, 3.8) is 0 Å². The Hall–Kier alpha value is -1.72. The minimum Gasteiger partial charge on any atom is -0.508 e. The van der Waals surface area contributed by atoms with Crippen LogP contribution in [0.1, 0.15) is 53.9 Å². The van der Waals surface area contributed by atoms with Gasteiger partial charge in [-0.2, -0.15) is 0 Å².